The van der Waals surface area contributed by atoms with Crippen LogP contribution >= 0.6 is 0 Å². The van der Waals surface area contributed by atoms with Crippen molar-refractivity contribution >= 4 is 6.08 Å². The van der Waals surface area contributed by atoms with Gasteiger partial charge < -0.3 is 4.57 Å². The summed E-state index contributed by atoms with van der Waals surface area (Å²) in [7, 11) is 0. The number of nitrogens with zero attached hydrogens (tertiary/aromatic N) is 1. The molecule has 0 spiro atoms. The van der Waals surface area contributed by atoms with Crippen LogP contribution in [0.2, 0.25) is 0 Å². The maximum Gasteiger partial charge on any atom is 0.0355 e. The summed E-state index contributed by atoms with van der Waals surface area (Å²) in [6.07, 6.45) is 6.05. The molecule has 1 aromatic rings. The van der Waals surface area contributed by atoms with Gasteiger partial charge in [-0.05, 0) is 32.4 Å². The Morgan fingerprint density at radius 1 is 1.42 bits per heavy atom. The van der Waals surface area contributed by atoms with Gasteiger partial charge in [0.25, 0.3) is 0 Å². The molecule has 1 aromatic heterocycles. The van der Waals surface area contributed by atoms with Gasteiger partial charge in [0.1, 0.15) is 0 Å². The summed E-state index contributed by atoms with van der Waals surface area (Å²) in [6, 6.07) is 2.07. The summed E-state index contributed by atoms with van der Waals surface area (Å²) in [6.45, 7) is 10.3. The molecule has 0 N–H and O–H groups in total. The van der Waals surface area contributed by atoms with E-state index in [0.717, 1.165) is 0 Å². The van der Waals surface area contributed by atoms with Crippen molar-refractivity contribution in [2.75, 3.05) is 0 Å². The molecule has 0 aliphatic carbocycles. The molecule has 1 rings (SSSR count). The summed E-state index contributed by atoms with van der Waals surface area (Å²) < 4.78 is 2.18. The fourth-order valence-electron chi connectivity index (χ4n) is 0.951. The Bertz CT molecular complexity index is 250. The van der Waals surface area contributed by atoms with Crippen LogP contribution in [0.25, 0.3) is 6.08 Å². The lowest BCUT2D eigenvalue weighted by atomic mass is 10.1. The molecule has 0 unspecified atom stereocenters. The highest BCUT2D eigenvalue weighted by molar-refractivity contribution is 5.45. The van der Waals surface area contributed by atoms with Gasteiger partial charge in [0, 0.05) is 17.9 Å². The Balaban J connectivity index is 0.00000121. The number of hydrogen-bond donors (Lipinski definition) is 0. The molecule has 0 saturated heterocycles. The lowest BCUT2D eigenvalue weighted by Crippen LogP contribution is -2.19. The zero-order chi connectivity index (χ0) is 8.48. The van der Waals surface area contributed by atoms with Crippen molar-refractivity contribution < 1.29 is 0 Å². The van der Waals surface area contributed by atoms with Gasteiger partial charge >= 0.3 is 0 Å². The van der Waals surface area contributed by atoms with E-state index in [2.05, 4.69) is 50.4 Å². The maximum absolute atomic E-state index is 3.71. The summed E-state index contributed by atoms with van der Waals surface area (Å²) in [5, 5.41) is 0. The van der Waals surface area contributed by atoms with Gasteiger partial charge in [-0.2, -0.15) is 0 Å². The van der Waals surface area contributed by atoms with Gasteiger partial charge in [0.15, 0.2) is 0 Å². The first-order valence-electron chi connectivity index (χ1n) is 3.85. The predicted octanol–water partition coefficient (Wildman–Crippen LogP) is 3.52. The predicted molar refractivity (Wildman–Crippen MR) is 56.3 cm³/mol. The van der Waals surface area contributed by atoms with Gasteiger partial charge in [0.2, 0.25) is 0 Å². The normalized spacial score (nSPS) is 10.6. The van der Waals surface area contributed by atoms with Crippen molar-refractivity contribution in [3.05, 3.63) is 30.6 Å². The minimum atomic E-state index is 0. The van der Waals surface area contributed by atoms with E-state index >= 15 is 0 Å². The Labute approximate surface area is 75.7 Å². The van der Waals surface area contributed by atoms with E-state index in [1.807, 2.05) is 6.08 Å². The molecule has 68 valence electrons. The first-order valence-corrected chi connectivity index (χ1v) is 3.85. The third-order valence-electron chi connectivity index (χ3n) is 1.73. The van der Waals surface area contributed by atoms with Crippen LogP contribution in [-0.2, 0) is 5.54 Å². The van der Waals surface area contributed by atoms with Crippen LogP contribution in [0.5, 0.6) is 0 Å². The van der Waals surface area contributed by atoms with E-state index in [4.69, 9.17) is 0 Å². The Morgan fingerprint density at radius 3 is 2.25 bits per heavy atom. The Kier molecular flexibility index (Phi) is 3.32. The Hall–Kier alpha value is -0.980. The zero-order valence-corrected chi connectivity index (χ0v) is 7.46. The van der Waals surface area contributed by atoms with Crippen LogP contribution < -0.4 is 0 Å². The molecule has 1 heterocycles. The highest BCUT2D eigenvalue weighted by Gasteiger charge is 2.10. The molecular weight excluding hydrogens is 146 g/mol. The third-order valence-corrected chi connectivity index (χ3v) is 1.73. The summed E-state index contributed by atoms with van der Waals surface area (Å²) >= 11 is 0. The summed E-state index contributed by atoms with van der Waals surface area (Å²) in [5.74, 6) is 0. The minimum Gasteiger partial charge on any atom is -0.348 e. The average molecular weight is 165 g/mol. The smallest absolute Gasteiger partial charge is 0.0355 e. The standard InChI is InChI=1S/C10H15N.CH4/c1-5-9-6-7-11(8-9)10(2,3)4;/h5-8H,1H2,2-4H3;1H4. The molecule has 0 bridgehead atoms. The SMILES string of the molecule is C.C=Cc1ccn(C(C)(C)C)c1. The summed E-state index contributed by atoms with van der Waals surface area (Å²) in [4.78, 5) is 0. The second-order valence-corrected chi connectivity index (χ2v) is 3.73. The third kappa shape index (κ3) is 2.26. The first-order chi connectivity index (χ1) is 5.04. The second-order valence-electron chi connectivity index (χ2n) is 3.73. The lowest BCUT2D eigenvalue weighted by molar-refractivity contribution is 0.398. The zero-order valence-electron chi connectivity index (χ0n) is 7.46. The van der Waals surface area contributed by atoms with Gasteiger partial charge in [-0.15, -0.1) is 0 Å². The molecule has 0 aromatic carbocycles. The molecule has 1 heteroatoms. The van der Waals surface area contributed by atoms with E-state index in [9.17, 15) is 0 Å². The quantitative estimate of drug-likeness (QED) is 0.600. The van der Waals surface area contributed by atoms with Crippen LogP contribution in [0, 0.1) is 0 Å². The van der Waals surface area contributed by atoms with Crippen molar-refractivity contribution in [2.45, 2.75) is 33.7 Å². The molecule has 0 radical (unpaired) electrons. The minimum absolute atomic E-state index is 0. The molecule has 0 atom stereocenters. The van der Waals surface area contributed by atoms with E-state index in [-0.39, 0.29) is 13.0 Å². The molecule has 0 amide bonds. The van der Waals surface area contributed by atoms with Crippen molar-refractivity contribution in [1.29, 1.82) is 0 Å². The van der Waals surface area contributed by atoms with E-state index in [0.29, 0.717) is 0 Å². The van der Waals surface area contributed by atoms with Gasteiger partial charge in [-0.1, -0.05) is 20.1 Å². The van der Waals surface area contributed by atoms with Crippen LogP contribution in [0.1, 0.15) is 33.8 Å². The maximum atomic E-state index is 3.71. The largest absolute Gasteiger partial charge is 0.348 e. The van der Waals surface area contributed by atoms with Gasteiger partial charge in [-0.25, -0.2) is 0 Å². The van der Waals surface area contributed by atoms with Crippen molar-refractivity contribution in [3.8, 4) is 0 Å². The second kappa shape index (κ2) is 3.61. The van der Waals surface area contributed by atoms with Crippen LogP contribution in [-0.4, -0.2) is 4.57 Å². The molecule has 1 nitrogen and oxygen atoms in total. The molecule has 0 aliphatic heterocycles. The van der Waals surface area contributed by atoms with E-state index in [1.165, 1.54) is 5.56 Å². The Morgan fingerprint density at radius 2 is 2.00 bits per heavy atom. The molecular formula is C11H19N. The molecule has 0 fully saturated rings. The van der Waals surface area contributed by atoms with Crippen molar-refractivity contribution in [1.82, 2.24) is 4.57 Å². The molecule has 12 heavy (non-hydrogen) atoms. The molecule has 0 saturated carbocycles. The monoisotopic (exact) mass is 165 g/mol. The van der Waals surface area contributed by atoms with Crippen molar-refractivity contribution in [2.24, 2.45) is 0 Å². The fraction of sp³-hybridized carbons (Fsp3) is 0.455. The van der Waals surface area contributed by atoms with E-state index in [1.54, 1.807) is 0 Å². The number of aromatic nitrogens is 1. The van der Waals surface area contributed by atoms with Crippen LogP contribution in [0.3, 0.4) is 0 Å². The first kappa shape index (κ1) is 11.0. The van der Waals surface area contributed by atoms with Crippen molar-refractivity contribution in [3.63, 3.8) is 0 Å². The van der Waals surface area contributed by atoms with Crippen LogP contribution in [0.15, 0.2) is 25.0 Å². The van der Waals surface area contributed by atoms with Gasteiger partial charge in [0.05, 0.1) is 0 Å². The highest BCUT2D eigenvalue weighted by Crippen LogP contribution is 2.15. The van der Waals surface area contributed by atoms with Gasteiger partial charge in [-0.3, -0.25) is 0 Å². The molecule has 0 aliphatic rings. The highest BCUT2D eigenvalue weighted by atomic mass is 15.0. The lowest BCUT2D eigenvalue weighted by Gasteiger charge is -2.20. The topological polar surface area (TPSA) is 4.93 Å². The number of rotatable bonds is 1. The number of hydrogen-bond acceptors (Lipinski definition) is 0. The average Bonchev–Trinajstić information content (AvgIpc) is 2.32. The van der Waals surface area contributed by atoms with Crippen LogP contribution in [0.4, 0.5) is 0 Å². The van der Waals surface area contributed by atoms with E-state index < -0.39 is 0 Å². The fourth-order valence-corrected chi connectivity index (χ4v) is 0.951. The summed E-state index contributed by atoms with van der Waals surface area (Å²) in [5.41, 5.74) is 1.36.